The van der Waals surface area contributed by atoms with Gasteiger partial charge in [0, 0.05) is 6.20 Å². The van der Waals surface area contributed by atoms with Crippen molar-refractivity contribution >= 4 is 42.4 Å². The predicted octanol–water partition coefficient (Wildman–Crippen LogP) is 1.53. The molecular formula is C8H11Cl3N2O2. The van der Waals surface area contributed by atoms with E-state index in [1.807, 2.05) is 0 Å². The minimum absolute atomic E-state index is 0. The lowest BCUT2D eigenvalue weighted by Crippen LogP contribution is -2.32. The Morgan fingerprint density at radius 1 is 1.53 bits per heavy atom. The Labute approximate surface area is 105 Å². The summed E-state index contributed by atoms with van der Waals surface area (Å²) in [6.45, 7) is 0. The minimum atomic E-state index is -1.02. The number of aromatic nitrogens is 1. The van der Waals surface area contributed by atoms with Crippen molar-refractivity contribution in [1.82, 2.24) is 4.98 Å². The molecule has 1 aromatic heterocycles. The van der Waals surface area contributed by atoms with Crippen molar-refractivity contribution in [3.05, 3.63) is 29.0 Å². The van der Waals surface area contributed by atoms with Gasteiger partial charge in [-0.25, -0.2) is 4.98 Å². The molecule has 15 heavy (non-hydrogen) atoms. The zero-order valence-electron chi connectivity index (χ0n) is 7.59. The van der Waals surface area contributed by atoms with Crippen molar-refractivity contribution in [2.24, 2.45) is 5.73 Å². The zero-order valence-corrected chi connectivity index (χ0v) is 9.98. The largest absolute Gasteiger partial charge is 0.480 e. The molecule has 0 aliphatic carbocycles. The molecular weight excluding hydrogens is 262 g/mol. The molecule has 0 saturated heterocycles. The van der Waals surface area contributed by atoms with Gasteiger partial charge in [0.1, 0.15) is 11.2 Å². The van der Waals surface area contributed by atoms with Gasteiger partial charge in [-0.1, -0.05) is 17.7 Å². The van der Waals surface area contributed by atoms with Crippen LogP contribution in [0, 0.1) is 0 Å². The van der Waals surface area contributed by atoms with Crippen molar-refractivity contribution in [2.75, 3.05) is 0 Å². The van der Waals surface area contributed by atoms with Gasteiger partial charge in [-0.15, -0.1) is 24.8 Å². The van der Waals surface area contributed by atoms with Crippen molar-refractivity contribution in [3.8, 4) is 0 Å². The van der Waals surface area contributed by atoms with Crippen LogP contribution in [0.15, 0.2) is 18.3 Å². The van der Waals surface area contributed by atoms with E-state index in [9.17, 15) is 4.79 Å². The Morgan fingerprint density at radius 2 is 2.13 bits per heavy atom. The standard InChI is InChI=1S/C8H9ClN2O2.2ClH/c9-7-2-1-5(4-11-7)3-6(10)8(12)13;;/h1-2,4,6H,3,10H2,(H,12,13);2*1H. The molecule has 0 amide bonds. The Bertz CT molecular complexity index is 305. The number of halogens is 3. The number of aliphatic carboxylic acids is 1. The van der Waals surface area contributed by atoms with Crippen molar-refractivity contribution in [3.63, 3.8) is 0 Å². The molecule has 1 heterocycles. The molecule has 0 aliphatic rings. The van der Waals surface area contributed by atoms with Crippen molar-refractivity contribution in [1.29, 1.82) is 0 Å². The molecule has 1 unspecified atom stereocenters. The third-order valence-electron chi connectivity index (χ3n) is 1.56. The molecule has 0 spiro atoms. The Kier molecular flexibility index (Phi) is 8.66. The minimum Gasteiger partial charge on any atom is -0.480 e. The Balaban J connectivity index is 0. The molecule has 0 radical (unpaired) electrons. The fourth-order valence-corrected chi connectivity index (χ4v) is 0.980. The van der Waals surface area contributed by atoms with Gasteiger partial charge in [0.25, 0.3) is 0 Å². The zero-order chi connectivity index (χ0) is 9.84. The van der Waals surface area contributed by atoms with Crippen LogP contribution in [0.5, 0.6) is 0 Å². The number of nitrogens with two attached hydrogens (primary N) is 1. The van der Waals surface area contributed by atoms with Crippen molar-refractivity contribution in [2.45, 2.75) is 12.5 Å². The lowest BCUT2D eigenvalue weighted by Gasteiger charge is -2.05. The quantitative estimate of drug-likeness (QED) is 0.819. The van der Waals surface area contributed by atoms with Gasteiger partial charge in [0.05, 0.1) is 0 Å². The summed E-state index contributed by atoms with van der Waals surface area (Å²) in [7, 11) is 0. The number of carboxylic acid groups (broad SMARTS) is 1. The molecule has 0 aliphatic heterocycles. The fourth-order valence-electron chi connectivity index (χ4n) is 0.868. The molecule has 7 heteroatoms. The molecule has 0 fully saturated rings. The first-order chi connectivity index (χ1) is 6.09. The van der Waals surface area contributed by atoms with Crippen LogP contribution in [0.4, 0.5) is 0 Å². The molecule has 0 aromatic carbocycles. The van der Waals surface area contributed by atoms with Crippen LogP contribution in [0.3, 0.4) is 0 Å². The second-order valence-electron chi connectivity index (χ2n) is 2.64. The molecule has 1 rings (SSSR count). The van der Waals surface area contributed by atoms with E-state index in [-0.39, 0.29) is 31.2 Å². The van der Waals surface area contributed by atoms with Crippen LogP contribution in [-0.4, -0.2) is 22.1 Å². The predicted molar refractivity (Wildman–Crippen MR) is 63.1 cm³/mol. The maximum Gasteiger partial charge on any atom is 0.320 e. The summed E-state index contributed by atoms with van der Waals surface area (Å²) < 4.78 is 0. The smallest absolute Gasteiger partial charge is 0.320 e. The molecule has 0 saturated carbocycles. The van der Waals surface area contributed by atoms with Gasteiger partial charge in [0.2, 0.25) is 0 Å². The summed E-state index contributed by atoms with van der Waals surface area (Å²) >= 11 is 5.55. The van der Waals surface area contributed by atoms with Crippen LogP contribution in [0.2, 0.25) is 5.15 Å². The molecule has 3 N–H and O–H groups in total. The van der Waals surface area contributed by atoms with E-state index in [2.05, 4.69) is 4.98 Å². The summed E-state index contributed by atoms with van der Waals surface area (Å²) in [5, 5.41) is 8.91. The van der Waals surface area contributed by atoms with E-state index < -0.39 is 12.0 Å². The summed E-state index contributed by atoms with van der Waals surface area (Å²) in [6, 6.07) is 2.42. The monoisotopic (exact) mass is 272 g/mol. The third-order valence-corrected chi connectivity index (χ3v) is 1.79. The van der Waals surface area contributed by atoms with E-state index >= 15 is 0 Å². The Morgan fingerprint density at radius 3 is 2.53 bits per heavy atom. The van der Waals surface area contributed by atoms with Gasteiger partial charge in [-0.2, -0.15) is 0 Å². The first-order valence-corrected chi connectivity index (χ1v) is 4.06. The number of rotatable bonds is 3. The highest BCUT2D eigenvalue weighted by molar-refractivity contribution is 6.29. The number of pyridine rings is 1. The number of nitrogens with zero attached hydrogens (tertiary/aromatic N) is 1. The normalized spacial score (nSPS) is 10.8. The fraction of sp³-hybridized carbons (Fsp3) is 0.250. The topological polar surface area (TPSA) is 76.2 Å². The molecule has 1 aromatic rings. The van der Waals surface area contributed by atoms with Crippen LogP contribution < -0.4 is 5.73 Å². The summed E-state index contributed by atoms with van der Waals surface area (Å²) in [5.74, 6) is -1.02. The second-order valence-corrected chi connectivity index (χ2v) is 3.03. The van der Waals surface area contributed by atoms with Crippen LogP contribution in [0.1, 0.15) is 5.56 Å². The highest BCUT2D eigenvalue weighted by atomic mass is 35.5. The first kappa shape index (κ1) is 16.9. The maximum absolute atomic E-state index is 10.4. The third kappa shape index (κ3) is 5.79. The lowest BCUT2D eigenvalue weighted by molar-refractivity contribution is -0.138. The van der Waals surface area contributed by atoms with E-state index in [0.29, 0.717) is 5.15 Å². The maximum atomic E-state index is 10.4. The summed E-state index contributed by atoms with van der Waals surface area (Å²) in [5.41, 5.74) is 6.09. The molecule has 1 atom stereocenters. The van der Waals surface area contributed by atoms with Gasteiger partial charge in [0.15, 0.2) is 0 Å². The molecule has 4 nitrogen and oxygen atoms in total. The summed E-state index contributed by atoms with van der Waals surface area (Å²) in [6.07, 6.45) is 1.78. The highest BCUT2D eigenvalue weighted by Crippen LogP contribution is 2.06. The lowest BCUT2D eigenvalue weighted by atomic mass is 10.1. The second kappa shape index (κ2) is 7.70. The van der Waals surface area contributed by atoms with Gasteiger partial charge in [-0.05, 0) is 18.1 Å². The Hall–Kier alpha value is -0.550. The van der Waals surface area contributed by atoms with E-state index in [4.69, 9.17) is 22.4 Å². The van der Waals surface area contributed by atoms with Crippen molar-refractivity contribution < 1.29 is 9.90 Å². The molecule has 86 valence electrons. The number of carboxylic acids is 1. The van der Waals surface area contributed by atoms with Crippen LogP contribution in [0.25, 0.3) is 0 Å². The van der Waals surface area contributed by atoms with E-state index in [1.165, 1.54) is 6.20 Å². The number of carbonyl (C=O) groups is 1. The van der Waals surface area contributed by atoms with Gasteiger partial charge >= 0.3 is 5.97 Å². The van der Waals surface area contributed by atoms with Crippen LogP contribution >= 0.6 is 36.4 Å². The number of hydrogen-bond donors (Lipinski definition) is 2. The van der Waals surface area contributed by atoms with Gasteiger partial charge in [-0.3, -0.25) is 4.79 Å². The van der Waals surface area contributed by atoms with E-state index in [1.54, 1.807) is 12.1 Å². The highest BCUT2D eigenvalue weighted by Gasteiger charge is 2.11. The SMILES string of the molecule is Cl.Cl.NC(Cc1ccc(Cl)nc1)C(=O)O. The first-order valence-electron chi connectivity index (χ1n) is 3.68. The van der Waals surface area contributed by atoms with E-state index in [0.717, 1.165) is 5.56 Å². The summed E-state index contributed by atoms with van der Waals surface area (Å²) in [4.78, 5) is 14.2. The van der Waals surface area contributed by atoms with Gasteiger partial charge < -0.3 is 10.8 Å². The van der Waals surface area contributed by atoms with Crippen LogP contribution in [-0.2, 0) is 11.2 Å². The number of hydrogen-bond acceptors (Lipinski definition) is 3. The average Bonchev–Trinajstić information content (AvgIpc) is 2.08. The average molecular weight is 274 g/mol. The molecule has 0 bridgehead atoms.